The van der Waals surface area contributed by atoms with Crippen molar-refractivity contribution >= 4 is 63.8 Å². The summed E-state index contributed by atoms with van der Waals surface area (Å²) in [6, 6.07) is 4.65. The Bertz CT molecular complexity index is 776. The topological polar surface area (TPSA) is 110 Å². The van der Waals surface area contributed by atoms with Crippen molar-refractivity contribution in [3.8, 4) is 6.07 Å². The summed E-state index contributed by atoms with van der Waals surface area (Å²) in [5.41, 5.74) is -0.144. The van der Waals surface area contributed by atoms with E-state index in [1.807, 2.05) is 6.07 Å². The molecule has 0 aliphatic carbocycles. The molecule has 0 fully saturated rings. The molecule has 1 aromatic heterocycles. The van der Waals surface area contributed by atoms with E-state index in [4.69, 9.17) is 0 Å². The van der Waals surface area contributed by atoms with Gasteiger partial charge in [0.2, 0.25) is 0 Å². The van der Waals surface area contributed by atoms with Crippen LogP contribution in [-0.4, -0.2) is 49.0 Å². The molecule has 22 heavy (non-hydrogen) atoms. The molecule has 2 rings (SSSR count). The molecule has 7 nitrogen and oxygen atoms in total. The summed E-state index contributed by atoms with van der Waals surface area (Å²) in [5, 5.41) is 20.3. The van der Waals surface area contributed by atoms with Gasteiger partial charge in [0.15, 0.2) is 11.3 Å². The Balaban J connectivity index is 0.00000242. The van der Waals surface area contributed by atoms with Crippen molar-refractivity contribution < 1.29 is 9.72 Å². The summed E-state index contributed by atoms with van der Waals surface area (Å²) in [6.45, 7) is 5.17. The fourth-order valence-electron chi connectivity index (χ4n) is 1.96. The number of nitro benzene ring substituents is 1. The van der Waals surface area contributed by atoms with Gasteiger partial charge in [-0.05, 0) is 6.07 Å². The second-order valence-electron chi connectivity index (χ2n) is 5.57. The number of hydrogen-bond acceptors (Lipinski definition) is 7. The van der Waals surface area contributed by atoms with Crippen LogP contribution >= 0.6 is 11.7 Å². The predicted octanol–water partition coefficient (Wildman–Crippen LogP) is 2.44. The Hall–Kier alpha value is -1.40. The number of aromatic nitrogens is 2. The third kappa shape index (κ3) is 3.33. The molecule has 1 radical (unpaired) electrons. The van der Waals surface area contributed by atoms with Crippen LogP contribution in [0.15, 0.2) is 12.1 Å². The van der Waals surface area contributed by atoms with E-state index in [2.05, 4.69) is 8.75 Å². The van der Waals surface area contributed by atoms with Gasteiger partial charge in [0, 0.05) is 46.6 Å². The van der Waals surface area contributed by atoms with Crippen LogP contribution in [-0.2, 0) is 4.79 Å². The number of nitrogens with zero attached hydrogens (tertiary/aromatic N) is 4. The summed E-state index contributed by atoms with van der Waals surface area (Å²) < 4.78 is 7.92. The van der Waals surface area contributed by atoms with E-state index in [1.54, 1.807) is 20.8 Å². The average Bonchev–Trinajstić information content (AvgIpc) is 2.87. The molecule has 0 saturated carbocycles. The van der Waals surface area contributed by atoms with Crippen LogP contribution in [0.1, 0.15) is 32.3 Å². The second-order valence-corrected chi connectivity index (χ2v) is 6.10. The second kappa shape index (κ2) is 6.79. The van der Waals surface area contributed by atoms with Crippen LogP contribution in [0.25, 0.3) is 11.0 Å². The van der Waals surface area contributed by atoms with Crippen LogP contribution in [0.4, 0.5) is 5.69 Å². The van der Waals surface area contributed by atoms with Crippen molar-refractivity contribution in [2.45, 2.75) is 26.7 Å². The van der Waals surface area contributed by atoms with Crippen molar-refractivity contribution in [3.05, 3.63) is 27.8 Å². The zero-order valence-corrected chi connectivity index (χ0v) is 15.5. The van der Waals surface area contributed by atoms with Gasteiger partial charge in [0.1, 0.15) is 11.4 Å². The minimum Gasteiger partial charge on any atom is -0.297 e. The van der Waals surface area contributed by atoms with Gasteiger partial charge >= 0.3 is 0 Å². The van der Waals surface area contributed by atoms with E-state index in [0.717, 1.165) is 11.7 Å². The van der Waals surface area contributed by atoms with E-state index in [0.29, 0.717) is 5.56 Å². The number of Topliss-reactive ketones (excluding diaryl/α,β-unsaturated/α-hetero) is 1. The summed E-state index contributed by atoms with van der Waals surface area (Å²) in [5.74, 6) is -1.27. The van der Waals surface area contributed by atoms with Crippen molar-refractivity contribution in [2.75, 3.05) is 0 Å². The molecule has 1 aromatic carbocycles. The predicted molar refractivity (Wildman–Crippen MR) is 82.6 cm³/mol. The first-order valence-electron chi connectivity index (χ1n) is 6.11. The first kappa shape index (κ1) is 18.6. The molecule has 0 aliphatic rings. The van der Waals surface area contributed by atoms with Gasteiger partial charge in [-0.1, -0.05) is 20.8 Å². The normalized spacial score (nSPS) is 12.3. The standard InChI is InChI=1S/C13H12N4O3S.Na/c1-13(2,3)12(18)8(6-14)7-4-5-9(17(19)20)11-10(7)15-21-16-11;/h4-5,8H,1-3H3;. The Morgan fingerprint density at radius 2 is 1.95 bits per heavy atom. The molecule has 2 aromatic rings. The fourth-order valence-corrected chi connectivity index (χ4v) is 2.53. The number of rotatable bonds is 3. The van der Waals surface area contributed by atoms with Crippen molar-refractivity contribution in [3.63, 3.8) is 0 Å². The molecule has 109 valence electrons. The van der Waals surface area contributed by atoms with E-state index in [-0.39, 0.29) is 52.1 Å². The minimum absolute atomic E-state index is 0. The SMILES string of the molecule is CC(C)(C)C(=O)C(C#N)c1ccc([N+](=O)[O-])c2nsnc12.[Na]. The minimum atomic E-state index is -1.02. The largest absolute Gasteiger partial charge is 0.298 e. The Morgan fingerprint density at radius 3 is 2.45 bits per heavy atom. The first-order valence-corrected chi connectivity index (χ1v) is 6.84. The monoisotopic (exact) mass is 327 g/mol. The zero-order valence-electron chi connectivity index (χ0n) is 12.7. The number of hydrogen-bond donors (Lipinski definition) is 0. The number of carbonyl (C=O) groups excluding carboxylic acids is 1. The van der Waals surface area contributed by atoms with Gasteiger partial charge in [-0.25, -0.2) is 0 Å². The van der Waals surface area contributed by atoms with Crippen LogP contribution < -0.4 is 0 Å². The molecule has 1 atom stereocenters. The third-order valence-electron chi connectivity index (χ3n) is 3.06. The maximum absolute atomic E-state index is 12.4. The zero-order chi connectivity index (χ0) is 15.8. The molecule has 0 spiro atoms. The van der Waals surface area contributed by atoms with Crippen LogP contribution in [0.3, 0.4) is 0 Å². The number of fused-ring (bicyclic) bond motifs is 1. The summed E-state index contributed by atoms with van der Waals surface area (Å²) >= 11 is 0.821. The number of benzene rings is 1. The van der Waals surface area contributed by atoms with Gasteiger partial charge < -0.3 is 0 Å². The third-order valence-corrected chi connectivity index (χ3v) is 3.59. The van der Waals surface area contributed by atoms with Crippen molar-refractivity contribution in [1.82, 2.24) is 8.75 Å². The van der Waals surface area contributed by atoms with Gasteiger partial charge in [-0.3, -0.25) is 14.9 Å². The number of nitriles is 1. The summed E-state index contributed by atoms with van der Waals surface area (Å²) in [6.07, 6.45) is 0. The fraction of sp³-hybridized carbons (Fsp3) is 0.385. The van der Waals surface area contributed by atoms with E-state index >= 15 is 0 Å². The molecule has 1 unspecified atom stereocenters. The van der Waals surface area contributed by atoms with E-state index in [1.165, 1.54) is 12.1 Å². The van der Waals surface area contributed by atoms with Crippen molar-refractivity contribution in [1.29, 1.82) is 5.26 Å². The summed E-state index contributed by atoms with van der Waals surface area (Å²) in [7, 11) is 0. The molecule has 0 saturated heterocycles. The Kier molecular flexibility index (Phi) is 5.76. The maximum Gasteiger partial charge on any atom is 0.298 e. The molecular weight excluding hydrogens is 315 g/mol. The average molecular weight is 327 g/mol. The Morgan fingerprint density at radius 1 is 1.36 bits per heavy atom. The van der Waals surface area contributed by atoms with Gasteiger partial charge in [-0.15, -0.1) is 0 Å². The number of carbonyl (C=O) groups is 1. The molecule has 0 aliphatic heterocycles. The molecule has 9 heteroatoms. The van der Waals surface area contributed by atoms with E-state index < -0.39 is 16.3 Å². The molecule has 0 amide bonds. The summed E-state index contributed by atoms with van der Waals surface area (Å²) in [4.78, 5) is 22.8. The number of non-ortho nitro benzene ring substituents is 1. The van der Waals surface area contributed by atoms with Gasteiger partial charge in [0.05, 0.1) is 22.7 Å². The number of ketones is 1. The molecule has 0 N–H and O–H groups in total. The Labute approximate surface area is 153 Å². The van der Waals surface area contributed by atoms with Crippen molar-refractivity contribution in [2.24, 2.45) is 5.41 Å². The molecule has 0 bridgehead atoms. The van der Waals surface area contributed by atoms with Gasteiger partial charge in [-0.2, -0.15) is 14.0 Å². The smallest absolute Gasteiger partial charge is 0.297 e. The van der Waals surface area contributed by atoms with Crippen LogP contribution in [0, 0.1) is 26.9 Å². The maximum atomic E-state index is 12.4. The molecular formula is C13H12N4NaO3S. The van der Waals surface area contributed by atoms with E-state index in [9.17, 15) is 20.2 Å². The number of nitro groups is 1. The quantitative estimate of drug-likeness (QED) is 0.486. The van der Waals surface area contributed by atoms with Crippen LogP contribution in [0.2, 0.25) is 0 Å². The van der Waals surface area contributed by atoms with Crippen LogP contribution in [0.5, 0.6) is 0 Å². The van der Waals surface area contributed by atoms with Gasteiger partial charge in [0.25, 0.3) is 5.69 Å². The molecule has 1 heterocycles. The first-order chi connectivity index (χ1) is 9.77.